The first-order valence-electron chi connectivity index (χ1n) is 10.7. The molecule has 4 rings (SSSR count). The van der Waals surface area contributed by atoms with Gasteiger partial charge in [0.25, 0.3) is 0 Å². The molecule has 8 nitrogen and oxygen atoms in total. The van der Waals surface area contributed by atoms with E-state index in [1.165, 1.54) is 6.07 Å². The topological polar surface area (TPSA) is 97.0 Å². The first kappa shape index (κ1) is 23.5. The van der Waals surface area contributed by atoms with E-state index in [4.69, 9.17) is 10.00 Å². The Morgan fingerprint density at radius 2 is 1.63 bits per heavy atom. The lowest BCUT2D eigenvalue weighted by atomic mass is 10.2. The van der Waals surface area contributed by atoms with Crippen molar-refractivity contribution in [3.63, 3.8) is 0 Å². The molecule has 0 aliphatic rings. The minimum absolute atomic E-state index is 0.0678. The van der Waals surface area contributed by atoms with E-state index in [9.17, 15) is 8.78 Å². The van der Waals surface area contributed by atoms with E-state index < -0.39 is 6.61 Å². The lowest BCUT2D eigenvalue weighted by Gasteiger charge is -2.15. The van der Waals surface area contributed by atoms with Crippen molar-refractivity contribution in [2.45, 2.75) is 26.6 Å². The predicted molar refractivity (Wildman–Crippen MR) is 128 cm³/mol. The molecule has 0 amide bonds. The van der Waals surface area contributed by atoms with Gasteiger partial charge >= 0.3 is 6.61 Å². The van der Waals surface area contributed by atoms with Gasteiger partial charge in [-0.15, -0.1) is 5.10 Å². The number of anilines is 4. The Kier molecular flexibility index (Phi) is 7.07. The normalized spacial score (nSPS) is 10.8. The van der Waals surface area contributed by atoms with Crippen LogP contribution in [0.25, 0.3) is 5.69 Å². The molecule has 10 heteroatoms. The highest BCUT2D eigenvalue weighted by atomic mass is 19.3. The fourth-order valence-corrected chi connectivity index (χ4v) is 3.21. The molecule has 0 aliphatic carbocycles. The summed E-state index contributed by atoms with van der Waals surface area (Å²) in [4.78, 5) is 4.55. The highest BCUT2D eigenvalue weighted by Crippen LogP contribution is 2.33. The van der Waals surface area contributed by atoms with Crippen molar-refractivity contribution in [2.75, 3.05) is 10.6 Å². The van der Waals surface area contributed by atoms with Crippen LogP contribution in [0.1, 0.15) is 19.4 Å². The zero-order valence-electron chi connectivity index (χ0n) is 18.9. The molecular weight excluding hydrogens is 454 g/mol. The van der Waals surface area contributed by atoms with Gasteiger partial charge in [-0.3, -0.25) is 0 Å². The lowest BCUT2D eigenvalue weighted by molar-refractivity contribution is -0.0518. The van der Waals surface area contributed by atoms with Crippen molar-refractivity contribution in [1.82, 2.24) is 14.8 Å². The Bertz CT molecular complexity index is 1320. The molecule has 2 N–H and O–H groups in total. The number of aromatic nitrogens is 3. The predicted octanol–water partition coefficient (Wildman–Crippen LogP) is 6.01. The minimum atomic E-state index is -2.97. The maximum absolute atomic E-state index is 12.8. The van der Waals surface area contributed by atoms with Crippen LogP contribution in [0.3, 0.4) is 0 Å². The Labute approximate surface area is 200 Å². The molecule has 0 bridgehead atoms. The second kappa shape index (κ2) is 10.5. The highest BCUT2D eigenvalue weighted by Gasteiger charge is 2.16. The summed E-state index contributed by atoms with van der Waals surface area (Å²) in [6.07, 6.45) is -0.249. The summed E-state index contributed by atoms with van der Waals surface area (Å²) >= 11 is 0. The van der Waals surface area contributed by atoms with Gasteiger partial charge in [0.1, 0.15) is 0 Å². The van der Waals surface area contributed by atoms with E-state index in [0.717, 1.165) is 5.69 Å². The van der Waals surface area contributed by atoms with Crippen LogP contribution >= 0.6 is 0 Å². The number of halogens is 2. The van der Waals surface area contributed by atoms with Crippen LogP contribution in [0.4, 0.5) is 32.1 Å². The number of alkyl halides is 2. The summed E-state index contributed by atoms with van der Waals surface area (Å²) in [5.74, 6) is 0.784. The summed E-state index contributed by atoms with van der Waals surface area (Å²) in [5.41, 5.74) is 2.54. The van der Waals surface area contributed by atoms with Crippen LogP contribution in [0, 0.1) is 11.3 Å². The number of nitrogens with zero attached hydrogens (tertiary/aromatic N) is 4. The van der Waals surface area contributed by atoms with E-state index in [1.54, 1.807) is 54.9 Å². The Balaban J connectivity index is 1.67. The van der Waals surface area contributed by atoms with Gasteiger partial charge in [-0.1, -0.05) is 18.2 Å². The SMILES string of the molecule is CC(C)Oc1cc(Nc2nc(Nc3ccccc3)n(-c3ccc(C#N)cc3)n2)ccc1OC(F)F. The first-order valence-corrected chi connectivity index (χ1v) is 10.7. The van der Waals surface area contributed by atoms with Gasteiger partial charge in [0.15, 0.2) is 11.5 Å². The highest BCUT2D eigenvalue weighted by molar-refractivity contribution is 5.62. The second-order valence-electron chi connectivity index (χ2n) is 7.65. The number of para-hydroxylation sites is 1. The second-order valence-corrected chi connectivity index (χ2v) is 7.65. The quantitative estimate of drug-likeness (QED) is 0.305. The van der Waals surface area contributed by atoms with Crippen molar-refractivity contribution in [3.05, 3.63) is 78.4 Å². The van der Waals surface area contributed by atoms with Crippen molar-refractivity contribution >= 4 is 23.3 Å². The number of ether oxygens (including phenoxy) is 2. The third-order valence-corrected chi connectivity index (χ3v) is 4.66. The Morgan fingerprint density at radius 3 is 2.29 bits per heavy atom. The molecule has 0 radical (unpaired) electrons. The van der Waals surface area contributed by atoms with Gasteiger partial charge in [-0.2, -0.15) is 23.7 Å². The van der Waals surface area contributed by atoms with Gasteiger partial charge < -0.3 is 20.1 Å². The van der Waals surface area contributed by atoms with Gasteiger partial charge in [0, 0.05) is 17.4 Å². The van der Waals surface area contributed by atoms with Crippen LogP contribution in [0.15, 0.2) is 72.8 Å². The van der Waals surface area contributed by atoms with Crippen LogP contribution < -0.4 is 20.1 Å². The summed E-state index contributed by atoms with van der Waals surface area (Å²) in [6, 6.07) is 23.0. The van der Waals surface area contributed by atoms with E-state index in [0.29, 0.717) is 22.9 Å². The van der Waals surface area contributed by atoms with Gasteiger partial charge in [0.2, 0.25) is 11.9 Å². The molecule has 178 valence electrons. The number of nitrogens with one attached hydrogen (secondary N) is 2. The average Bonchev–Trinajstić information content (AvgIpc) is 3.22. The maximum atomic E-state index is 12.8. The summed E-state index contributed by atoms with van der Waals surface area (Å²) in [7, 11) is 0. The summed E-state index contributed by atoms with van der Waals surface area (Å²) in [6.45, 7) is 0.600. The zero-order valence-corrected chi connectivity index (χ0v) is 18.9. The summed E-state index contributed by atoms with van der Waals surface area (Å²) < 4.78 is 37.4. The van der Waals surface area contributed by atoms with Crippen LogP contribution in [0.2, 0.25) is 0 Å². The number of hydrogen-bond acceptors (Lipinski definition) is 7. The van der Waals surface area contributed by atoms with Crippen molar-refractivity contribution in [1.29, 1.82) is 5.26 Å². The van der Waals surface area contributed by atoms with E-state index in [-0.39, 0.29) is 23.6 Å². The van der Waals surface area contributed by atoms with Crippen LogP contribution in [-0.4, -0.2) is 27.5 Å². The Hall–Kier alpha value is -4.65. The van der Waals surface area contributed by atoms with Crippen molar-refractivity contribution in [2.24, 2.45) is 0 Å². The van der Waals surface area contributed by atoms with E-state index >= 15 is 0 Å². The fraction of sp³-hybridized carbons (Fsp3) is 0.160. The molecule has 0 atom stereocenters. The molecule has 0 aliphatic heterocycles. The lowest BCUT2D eigenvalue weighted by Crippen LogP contribution is -2.09. The fourth-order valence-electron chi connectivity index (χ4n) is 3.21. The minimum Gasteiger partial charge on any atom is -0.487 e. The standard InChI is InChI=1S/C25H22F2N6O2/c1-16(2)34-22-14-19(10-13-21(22)35-23(26)27)29-24-31-25(30-18-6-4-3-5-7-18)33(32-24)20-11-8-17(15-28)9-12-20/h3-14,16,23H,1-2H3,(H2,29,30,31,32). The molecule has 0 unspecified atom stereocenters. The third kappa shape index (κ3) is 6.03. The molecule has 35 heavy (non-hydrogen) atoms. The maximum Gasteiger partial charge on any atom is 0.387 e. The molecule has 3 aromatic carbocycles. The van der Waals surface area contributed by atoms with Crippen LogP contribution in [0.5, 0.6) is 11.5 Å². The largest absolute Gasteiger partial charge is 0.487 e. The van der Waals surface area contributed by atoms with Crippen molar-refractivity contribution < 1.29 is 18.3 Å². The molecule has 0 saturated heterocycles. The molecule has 1 heterocycles. The smallest absolute Gasteiger partial charge is 0.387 e. The molecule has 0 saturated carbocycles. The monoisotopic (exact) mass is 476 g/mol. The molecule has 0 fully saturated rings. The first-order chi connectivity index (χ1) is 16.9. The molecular formula is C25H22F2N6O2. The Morgan fingerprint density at radius 1 is 0.886 bits per heavy atom. The third-order valence-electron chi connectivity index (χ3n) is 4.66. The van der Waals surface area contributed by atoms with Gasteiger partial charge in [-0.25, -0.2) is 0 Å². The molecule has 4 aromatic rings. The average molecular weight is 476 g/mol. The van der Waals surface area contributed by atoms with Crippen LogP contribution in [-0.2, 0) is 0 Å². The number of hydrogen-bond donors (Lipinski definition) is 2. The van der Waals surface area contributed by atoms with E-state index in [2.05, 4.69) is 31.5 Å². The molecule has 1 aromatic heterocycles. The summed E-state index contributed by atoms with van der Waals surface area (Å²) in [5, 5.41) is 19.9. The number of benzene rings is 3. The zero-order chi connectivity index (χ0) is 24.8. The number of rotatable bonds is 9. The van der Waals surface area contributed by atoms with E-state index in [1.807, 2.05) is 30.3 Å². The molecule has 0 spiro atoms. The van der Waals surface area contributed by atoms with Gasteiger partial charge in [-0.05, 0) is 62.4 Å². The number of nitriles is 1. The van der Waals surface area contributed by atoms with Gasteiger partial charge in [0.05, 0.1) is 23.4 Å². The van der Waals surface area contributed by atoms with Crippen molar-refractivity contribution in [3.8, 4) is 23.3 Å².